The Morgan fingerprint density at radius 3 is 2.65 bits per heavy atom. The lowest BCUT2D eigenvalue weighted by Gasteiger charge is -2.19. The number of esters is 1. The van der Waals surface area contributed by atoms with E-state index in [1.54, 1.807) is 0 Å². The number of benzene rings is 1. The fourth-order valence-corrected chi connectivity index (χ4v) is 1.90. The first kappa shape index (κ1) is 13.7. The van der Waals surface area contributed by atoms with E-state index in [0.29, 0.717) is 13.0 Å². The lowest BCUT2D eigenvalue weighted by molar-refractivity contribution is -0.143. The van der Waals surface area contributed by atoms with E-state index in [-0.39, 0.29) is 12.0 Å². The Morgan fingerprint density at radius 2 is 2.06 bits per heavy atom. The van der Waals surface area contributed by atoms with Crippen LogP contribution in [0.25, 0.3) is 0 Å². The smallest absolute Gasteiger partial charge is 0.307 e. The van der Waals surface area contributed by atoms with E-state index < -0.39 is 0 Å². The second kappa shape index (κ2) is 7.07. The summed E-state index contributed by atoms with van der Waals surface area (Å²) in [7, 11) is 0. The number of rotatable bonds is 6. The average Bonchev–Trinajstić information content (AvgIpc) is 2.29. The minimum Gasteiger partial charge on any atom is -0.466 e. The molecule has 94 valence electrons. The van der Waals surface area contributed by atoms with Crippen molar-refractivity contribution in [3.05, 3.63) is 35.4 Å². The van der Waals surface area contributed by atoms with Crippen molar-refractivity contribution in [1.29, 1.82) is 0 Å². The Balaban J connectivity index is 2.78. The first-order chi connectivity index (χ1) is 8.19. The number of carbonyl (C=O) groups excluding carboxylic acids is 1. The van der Waals surface area contributed by atoms with Crippen LogP contribution in [0, 0.1) is 6.92 Å². The van der Waals surface area contributed by atoms with Crippen LogP contribution in [0.5, 0.6) is 0 Å². The van der Waals surface area contributed by atoms with Gasteiger partial charge in [0.15, 0.2) is 0 Å². The molecular formula is C14H21NO2. The average molecular weight is 235 g/mol. The first-order valence-electron chi connectivity index (χ1n) is 6.13. The van der Waals surface area contributed by atoms with Crippen LogP contribution in [0.2, 0.25) is 0 Å². The first-order valence-corrected chi connectivity index (χ1v) is 6.13. The summed E-state index contributed by atoms with van der Waals surface area (Å²) in [6.45, 7) is 7.19. The summed E-state index contributed by atoms with van der Waals surface area (Å²) in [5.41, 5.74) is 2.37. The quantitative estimate of drug-likeness (QED) is 0.770. The molecule has 0 saturated carbocycles. The zero-order valence-corrected chi connectivity index (χ0v) is 10.8. The van der Waals surface area contributed by atoms with Crippen molar-refractivity contribution in [1.82, 2.24) is 5.32 Å². The molecule has 0 aromatic heterocycles. The van der Waals surface area contributed by atoms with Crippen molar-refractivity contribution in [2.75, 3.05) is 13.2 Å². The summed E-state index contributed by atoms with van der Waals surface area (Å²) in [6, 6.07) is 8.16. The zero-order valence-electron chi connectivity index (χ0n) is 10.8. The molecule has 1 N–H and O–H groups in total. The summed E-state index contributed by atoms with van der Waals surface area (Å²) in [5, 5.41) is 3.33. The molecule has 1 aromatic carbocycles. The lowest BCUT2D eigenvalue weighted by Crippen LogP contribution is -2.25. The normalized spacial score (nSPS) is 12.2. The van der Waals surface area contributed by atoms with Gasteiger partial charge < -0.3 is 10.1 Å². The van der Waals surface area contributed by atoms with Gasteiger partial charge in [-0.15, -0.1) is 0 Å². The largest absolute Gasteiger partial charge is 0.466 e. The van der Waals surface area contributed by atoms with Gasteiger partial charge in [0.05, 0.1) is 13.0 Å². The third-order valence-corrected chi connectivity index (χ3v) is 2.69. The summed E-state index contributed by atoms with van der Waals surface area (Å²) in [5.74, 6) is -0.151. The Hall–Kier alpha value is -1.35. The maximum atomic E-state index is 11.6. The van der Waals surface area contributed by atoms with Gasteiger partial charge in [0.1, 0.15) is 0 Å². The molecule has 17 heavy (non-hydrogen) atoms. The van der Waals surface area contributed by atoms with Crippen LogP contribution in [0.15, 0.2) is 24.3 Å². The number of hydrogen-bond acceptors (Lipinski definition) is 3. The van der Waals surface area contributed by atoms with Crippen LogP contribution >= 0.6 is 0 Å². The molecule has 0 aliphatic carbocycles. The van der Waals surface area contributed by atoms with Crippen molar-refractivity contribution < 1.29 is 9.53 Å². The Kier molecular flexibility index (Phi) is 5.70. The van der Waals surface area contributed by atoms with Crippen LogP contribution in [0.4, 0.5) is 0 Å². The molecule has 1 aromatic rings. The minimum absolute atomic E-state index is 0.0419. The molecule has 0 fully saturated rings. The van der Waals surface area contributed by atoms with Gasteiger partial charge in [-0.2, -0.15) is 0 Å². The van der Waals surface area contributed by atoms with Crippen molar-refractivity contribution >= 4 is 5.97 Å². The molecule has 1 atom stereocenters. The second-order valence-electron chi connectivity index (χ2n) is 3.98. The zero-order chi connectivity index (χ0) is 12.7. The van der Waals surface area contributed by atoms with Gasteiger partial charge in [-0.3, -0.25) is 4.79 Å². The van der Waals surface area contributed by atoms with E-state index in [2.05, 4.69) is 24.4 Å². The molecule has 0 amide bonds. The van der Waals surface area contributed by atoms with E-state index in [0.717, 1.165) is 6.54 Å². The third-order valence-electron chi connectivity index (χ3n) is 2.69. The molecule has 1 rings (SSSR count). The van der Waals surface area contributed by atoms with Crippen molar-refractivity contribution in [2.24, 2.45) is 0 Å². The van der Waals surface area contributed by atoms with Gasteiger partial charge in [0.2, 0.25) is 0 Å². The molecule has 0 spiro atoms. The molecule has 3 heteroatoms. The summed E-state index contributed by atoms with van der Waals surface area (Å²) in [4.78, 5) is 11.6. The van der Waals surface area contributed by atoms with Crippen LogP contribution in [0.1, 0.15) is 37.4 Å². The highest BCUT2D eigenvalue weighted by atomic mass is 16.5. The molecule has 0 aliphatic rings. The molecule has 0 saturated heterocycles. The predicted octanol–water partition coefficient (Wildman–Crippen LogP) is 2.60. The van der Waals surface area contributed by atoms with Gasteiger partial charge >= 0.3 is 5.97 Å². The van der Waals surface area contributed by atoms with Gasteiger partial charge in [-0.1, -0.05) is 31.2 Å². The van der Waals surface area contributed by atoms with E-state index in [4.69, 9.17) is 4.74 Å². The fraction of sp³-hybridized carbons (Fsp3) is 0.500. The van der Waals surface area contributed by atoms with Crippen molar-refractivity contribution in [2.45, 2.75) is 33.2 Å². The van der Waals surface area contributed by atoms with Crippen LogP contribution in [-0.4, -0.2) is 19.1 Å². The third kappa shape index (κ3) is 4.19. The molecule has 0 radical (unpaired) electrons. The Morgan fingerprint density at radius 1 is 1.35 bits per heavy atom. The highest BCUT2D eigenvalue weighted by Gasteiger charge is 2.17. The van der Waals surface area contributed by atoms with Gasteiger partial charge in [0, 0.05) is 6.04 Å². The van der Waals surface area contributed by atoms with Crippen LogP contribution in [-0.2, 0) is 9.53 Å². The Labute approximate surface area is 103 Å². The van der Waals surface area contributed by atoms with E-state index >= 15 is 0 Å². The summed E-state index contributed by atoms with van der Waals surface area (Å²) >= 11 is 0. The molecule has 3 nitrogen and oxygen atoms in total. The minimum atomic E-state index is -0.151. The highest BCUT2D eigenvalue weighted by molar-refractivity contribution is 5.70. The summed E-state index contributed by atoms with van der Waals surface area (Å²) in [6.07, 6.45) is 0.381. The number of ether oxygens (including phenoxy) is 1. The highest BCUT2D eigenvalue weighted by Crippen LogP contribution is 2.20. The van der Waals surface area contributed by atoms with Gasteiger partial charge in [-0.25, -0.2) is 0 Å². The maximum absolute atomic E-state index is 11.6. The second-order valence-corrected chi connectivity index (χ2v) is 3.98. The maximum Gasteiger partial charge on any atom is 0.307 e. The molecule has 0 bridgehead atoms. The van der Waals surface area contributed by atoms with Crippen molar-refractivity contribution in [3.8, 4) is 0 Å². The SMILES string of the molecule is CCNC(CC(=O)OCC)c1ccccc1C. The number of hydrogen-bond donors (Lipinski definition) is 1. The fourth-order valence-electron chi connectivity index (χ4n) is 1.90. The van der Waals surface area contributed by atoms with E-state index in [1.807, 2.05) is 26.0 Å². The van der Waals surface area contributed by atoms with Gasteiger partial charge in [-0.05, 0) is 31.5 Å². The standard InChI is InChI=1S/C14H21NO2/c1-4-15-13(10-14(16)17-5-2)12-9-7-6-8-11(12)3/h6-9,13,15H,4-5,10H2,1-3H3. The Bertz CT molecular complexity index is 363. The lowest BCUT2D eigenvalue weighted by atomic mass is 9.99. The predicted molar refractivity (Wildman–Crippen MR) is 68.8 cm³/mol. The summed E-state index contributed by atoms with van der Waals surface area (Å²) < 4.78 is 5.00. The molecule has 0 aliphatic heterocycles. The molecule has 0 heterocycles. The molecular weight excluding hydrogens is 214 g/mol. The van der Waals surface area contributed by atoms with E-state index in [9.17, 15) is 4.79 Å². The monoisotopic (exact) mass is 235 g/mol. The van der Waals surface area contributed by atoms with Crippen molar-refractivity contribution in [3.63, 3.8) is 0 Å². The van der Waals surface area contributed by atoms with E-state index in [1.165, 1.54) is 11.1 Å². The molecule has 1 unspecified atom stereocenters. The topological polar surface area (TPSA) is 38.3 Å². The van der Waals surface area contributed by atoms with Gasteiger partial charge in [0.25, 0.3) is 0 Å². The van der Waals surface area contributed by atoms with Crippen LogP contribution in [0.3, 0.4) is 0 Å². The number of carbonyl (C=O) groups is 1. The number of nitrogens with one attached hydrogen (secondary N) is 1. The van der Waals surface area contributed by atoms with Crippen LogP contribution < -0.4 is 5.32 Å². The number of aryl methyl sites for hydroxylation is 1.